The summed E-state index contributed by atoms with van der Waals surface area (Å²) in [4.78, 5) is 5.20. The zero-order valence-corrected chi connectivity index (χ0v) is 10.4. The molecule has 1 N–H and O–H groups in total. The SMILES string of the molecule is OC(CSC1CCCC1)Cc1cncs1. The van der Waals surface area contributed by atoms with Gasteiger partial charge < -0.3 is 5.11 Å². The lowest BCUT2D eigenvalue weighted by molar-refractivity contribution is 0.201. The van der Waals surface area contributed by atoms with Gasteiger partial charge in [0, 0.05) is 28.5 Å². The number of aliphatic hydroxyl groups is 1. The summed E-state index contributed by atoms with van der Waals surface area (Å²) in [5, 5.41) is 10.6. The molecule has 1 fully saturated rings. The fourth-order valence-corrected chi connectivity index (χ4v) is 3.88. The minimum Gasteiger partial charge on any atom is -0.392 e. The van der Waals surface area contributed by atoms with Crippen molar-refractivity contribution in [1.82, 2.24) is 4.98 Å². The molecule has 1 aliphatic carbocycles. The predicted molar refractivity (Wildman–Crippen MR) is 66.5 cm³/mol. The molecule has 1 atom stereocenters. The lowest BCUT2D eigenvalue weighted by Crippen LogP contribution is -2.14. The molecule has 0 spiro atoms. The van der Waals surface area contributed by atoms with Gasteiger partial charge in [0.1, 0.15) is 0 Å². The summed E-state index contributed by atoms with van der Waals surface area (Å²) in [5.41, 5.74) is 1.83. The van der Waals surface area contributed by atoms with Crippen LogP contribution in [0.3, 0.4) is 0 Å². The first-order chi connectivity index (χ1) is 7.34. The van der Waals surface area contributed by atoms with E-state index in [2.05, 4.69) is 4.98 Å². The van der Waals surface area contributed by atoms with Gasteiger partial charge in [-0.05, 0) is 12.8 Å². The molecule has 1 unspecified atom stereocenters. The zero-order valence-electron chi connectivity index (χ0n) is 8.76. The van der Waals surface area contributed by atoms with E-state index in [1.807, 2.05) is 23.5 Å². The molecule has 2 rings (SSSR count). The van der Waals surface area contributed by atoms with Crippen molar-refractivity contribution in [3.63, 3.8) is 0 Å². The molecule has 1 aliphatic rings. The molecule has 0 bridgehead atoms. The highest BCUT2D eigenvalue weighted by Crippen LogP contribution is 2.30. The first kappa shape index (κ1) is 11.4. The van der Waals surface area contributed by atoms with Gasteiger partial charge >= 0.3 is 0 Å². The van der Waals surface area contributed by atoms with Crippen LogP contribution in [0.5, 0.6) is 0 Å². The van der Waals surface area contributed by atoms with Crippen LogP contribution in [0.4, 0.5) is 0 Å². The average molecular weight is 243 g/mol. The Bertz CT molecular complexity index is 270. The fraction of sp³-hybridized carbons (Fsp3) is 0.727. The van der Waals surface area contributed by atoms with Crippen molar-refractivity contribution < 1.29 is 5.11 Å². The fourth-order valence-electron chi connectivity index (χ4n) is 1.94. The third-order valence-electron chi connectivity index (χ3n) is 2.75. The second-order valence-electron chi connectivity index (χ2n) is 4.07. The van der Waals surface area contributed by atoms with E-state index in [4.69, 9.17) is 0 Å². The number of thiazole rings is 1. The molecule has 0 aliphatic heterocycles. The summed E-state index contributed by atoms with van der Waals surface area (Å²) in [5.74, 6) is 0.878. The van der Waals surface area contributed by atoms with Crippen LogP contribution >= 0.6 is 23.1 Å². The Kier molecular flexibility index (Phi) is 4.47. The maximum Gasteiger partial charge on any atom is 0.0794 e. The van der Waals surface area contributed by atoms with Gasteiger partial charge in [-0.15, -0.1) is 11.3 Å². The molecule has 1 saturated carbocycles. The van der Waals surface area contributed by atoms with Gasteiger partial charge in [0.2, 0.25) is 0 Å². The van der Waals surface area contributed by atoms with Gasteiger partial charge in [-0.3, -0.25) is 4.98 Å². The summed E-state index contributed by atoms with van der Waals surface area (Å²) in [6.07, 6.45) is 7.87. The van der Waals surface area contributed by atoms with E-state index in [1.165, 1.54) is 30.6 Å². The quantitative estimate of drug-likeness (QED) is 0.863. The number of hydrogen-bond acceptors (Lipinski definition) is 4. The lowest BCUT2D eigenvalue weighted by Gasteiger charge is -2.12. The molecule has 1 aromatic rings. The normalized spacial score (nSPS) is 19.5. The van der Waals surface area contributed by atoms with Crippen molar-refractivity contribution in [3.8, 4) is 0 Å². The van der Waals surface area contributed by atoms with E-state index in [9.17, 15) is 5.11 Å². The van der Waals surface area contributed by atoms with E-state index in [-0.39, 0.29) is 6.10 Å². The van der Waals surface area contributed by atoms with Crippen LogP contribution in [0.15, 0.2) is 11.7 Å². The molecule has 0 saturated heterocycles. The van der Waals surface area contributed by atoms with Crippen molar-refractivity contribution >= 4 is 23.1 Å². The minimum absolute atomic E-state index is 0.198. The molecule has 15 heavy (non-hydrogen) atoms. The highest BCUT2D eigenvalue weighted by atomic mass is 32.2. The Labute approximate surface area is 99.1 Å². The molecule has 0 radical (unpaired) electrons. The molecule has 84 valence electrons. The van der Waals surface area contributed by atoms with E-state index >= 15 is 0 Å². The second kappa shape index (κ2) is 5.87. The van der Waals surface area contributed by atoms with Crippen LogP contribution in [0.2, 0.25) is 0 Å². The predicted octanol–water partition coefficient (Wildman–Crippen LogP) is 2.72. The van der Waals surface area contributed by atoms with Crippen LogP contribution in [0, 0.1) is 0 Å². The number of hydrogen-bond donors (Lipinski definition) is 1. The van der Waals surface area contributed by atoms with Crippen LogP contribution in [-0.2, 0) is 6.42 Å². The number of aliphatic hydroxyl groups excluding tert-OH is 1. The summed E-state index contributed by atoms with van der Waals surface area (Å²) in [6.45, 7) is 0. The van der Waals surface area contributed by atoms with Gasteiger partial charge in [0.15, 0.2) is 0 Å². The van der Waals surface area contributed by atoms with Gasteiger partial charge in [0.05, 0.1) is 11.6 Å². The smallest absolute Gasteiger partial charge is 0.0794 e. The largest absolute Gasteiger partial charge is 0.392 e. The topological polar surface area (TPSA) is 33.1 Å². The summed E-state index contributed by atoms with van der Waals surface area (Å²) in [7, 11) is 0. The monoisotopic (exact) mass is 243 g/mol. The van der Waals surface area contributed by atoms with Gasteiger partial charge in [-0.1, -0.05) is 12.8 Å². The van der Waals surface area contributed by atoms with Crippen molar-refractivity contribution in [2.45, 2.75) is 43.5 Å². The van der Waals surface area contributed by atoms with Crippen molar-refractivity contribution in [3.05, 3.63) is 16.6 Å². The zero-order chi connectivity index (χ0) is 10.5. The van der Waals surface area contributed by atoms with Crippen molar-refractivity contribution in [2.75, 3.05) is 5.75 Å². The number of thioether (sulfide) groups is 1. The summed E-state index contributed by atoms with van der Waals surface area (Å²) in [6, 6.07) is 0. The Hall–Kier alpha value is -0.0600. The highest BCUT2D eigenvalue weighted by Gasteiger charge is 2.17. The van der Waals surface area contributed by atoms with Crippen LogP contribution < -0.4 is 0 Å². The van der Waals surface area contributed by atoms with Crippen molar-refractivity contribution in [1.29, 1.82) is 0 Å². The minimum atomic E-state index is -0.198. The Morgan fingerprint density at radius 3 is 3.00 bits per heavy atom. The first-order valence-electron chi connectivity index (χ1n) is 5.51. The molecule has 1 aromatic heterocycles. The van der Waals surface area contributed by atoms with E-state index in [0.717, 1.165) is 17.4 Å². The standard InChI is InChI=1S/C11H17NOS2/c13-9(5-11-6-12-8-15-11)7-14-10-3-1-2-4-10/h6,8-10,13H,1-5,7H2. The van der Waals surface area contributed by atoms with Gasteiger partial charge in [0.25, 0.3) is 0 Å². The highest BCUT2D eigenvalue weighted by molar-refractivity contribution is 7.99. The number of rotatable bonds is 5. The third kappa shape index (κ3) is 3.78. The van der Waals surface area contributed by atoms with Crippen LogP contribution in [0.1, 0.15) is 30.6 Å². The van der Waals surface area contributed by atoms with Crippen LogP contribution in [0.25, 0.3) is 0 Å². The van der Waals surface area contributed by atoms with Crippen LogP contribution in [-0.4, -0.2) is 27.2 Å². The lowest BCUT2D eigenvalue weighted by atomic mass is 10.3. The number of nitrogens with zero attached hydrogens (tertiary/aromatic N) is 1. The Balaban J connectivity index is 1.66. The molecule has 0 amide bonds. The first-order valence-corrected chi connectivity index (χ1v) is 7.44. The maximum absolute atomic E-state index is 9.84. The molecule has 1 heterocycles. The third-order valence-corrected chi connectivity index (χ3v) is 5.07. The second-order valence-corrected chi connectivity index (χ2v) is 6.37. The van der Waals surface area contributed by atoms with E-state index < -0.39 is 0 Å². The summed E-state index contributed by atoms with van der Waals surface area (Å²) >= 11 is 3.58. The summed E-state index contributed by atoms with van der Waals surface area (Å²) < 4.78 is 0. The molecule has 2 nitrogen and oxygen atoms in total. The van der Waals surface area contributed by atoms with Gasteiger partial charge in [-0.25, -0.2) is 0 Å². The Morgan fingerprint density at radius 2 is 2.33 bits per heavy atom. The van der Waals surface area contributed by atoms with Gasteiger partial charge in [-0.2, -0.15) is 11.8 Å². The molecule has 0 aromatic carbocycles. The molecular weight excluding hydrogens is 226 g/mol. The molecule has 4 heteroatoms. The number of aromatic nitrogens is 1. The Morgan fingerprint density at radius 1 is 1.53 bits per heavy atom. The maximum atomic E-state index is 9.84. The van der Waals surface area contributed by atoms with Crippen molar-refractivity contribution in [2.24, 2.45) is 0 Å². The average Bonchev–Trinajstić information content (AvgIpc) is 2.86. The molecular formula is C11H17NOS2. The van der Waals surface area contributed by atoms with E-state index in [1.54, 1.807) is 11.3 Å². The van der Waals surface area contributed by atoms with E-state index in [0.29, 0.717) is 0 Å².